The van der Waals surface area contributed by atoms with Crippen molar-refractivity contribution in [2.75, 3.05) is 13.7 Å². The van der Waals surface area contributed by atoms with Crippen molar-refractivity contribution in [3.05, 3.63) is 34.7 Å². The van der Waals surface area contributed by atoms with E-state index < -0.39 is 12.0 Å². The predicted molar refractivity (Wildman–Crippen MR) is 88.6 cm³/mol. The molecular weight excluding hydrogens is 312 g/mol. The molecule has 0 spiro atoms. The quantitative estimate of drug-likeness (QED) is 0.778. The minimum absolute atomic E-state index is 0.259. The number of benzene rings is 1. The third-order valence-electron chi connectivity index (χ3n) is 3.39. The van der Waals surface area contributed by atoms with E-state index in [-0.39, 0.29) is 5.78 Å². The van der Waals surface area contributed by atoms with E-state index in [1.165, 1.54) is 11.3 Å². The molecule has 23 heavy (non-hydrogen) atoms. The smallest absolute Gasteiger partial charge is 0.185 e. The van der Waals surface area contributed by atoms with Crippen molar-refractivity contribution in [2.45, 2.75) is 25.9 Å². The van der Waals surface area contributed by atoms with Crippen LogP contribution in [0.1, 0.15) is 24.8 Å². The van der Waals surface area contributed by atoms with Gasteiger partial charge in [0.15, 0.2) is 11.7 Å². The first-order valence-electron chi connectivity index (χ1n) is 7.25. The maximum absolute atomic E-state index is 12.3. The molecule has 1 aromatic carbocycles. The fraction of sp³-hybridized carbons (Fsp3) is 0.353. The number of methoxy groups -OCH3 is 1. The van der Waals surface area contributed by atoms with Gasteiger partial charge in [-0.25, -0.2) is 4.98 Å². The Labute approximate surface area is 139 Å². The molecule has 0 bridgehead atoms. The highest BCUT2D eigenvalue weighted by Gasteiger charge is 2.28. The van der Waals surface area contributed by atoms with E-state index in [0.29, 0.717) is 11.6 Å². The molecule has 0 N–H and O–H groups in total. The van der Waals surface area contributed by atoms with Crippen LogP contribution in [0.15, 0.2) is 29.6 Å². The average molecular weight is 330 g/mol. The molecule has 0 aliphatic carbocycles. The van der Waals surface area contributed by atoms with Gasteiger partial charge >= 0.3 is 0 Å². The molecule has 0 fully saturated rings. The third-order valence-corrected chi connectivity index (χ3v) is 4.30. The van der Waals surface area contributed by atoms with E-state index in [1.54, 1.807) is 14.0 Å². The Bertz CT molecular complexity index is 703. The number of hydrogen-bond donors (Lipinski definition) is 0. The molecule has 0 saturated heterocycles. The van der Waals surface area contributed by atoms with Gasteiger partial charge in [0.1, 0.15) is 16.9 Å². The Hall–Kier alpha value is -2.23. The summed E-state index contributed by atoms with van der Waals surface area (Å²) >= 11 is 1.31. The predicted octanol–water partition coefficient (Wildman–Crippen LogP) is 3.42. The van der Waals surface area contributed by atoms with Crippen LogP contribution in [0.4, 0.5) is 0 Å². The number of ketones is 1. The molecule has 120 valence electrons. The highest BCUT2D eigenvalue weighted by molar-refractivity contribution is 7.10. The summed E-state index contributed by atoms with van der Waals surface area (Å²) in [6, 6.07) is 9.52. The second-order valence-corrected chi connectivity index (χ2v) is 5.75. The molecule has 0 aliphatic heterocycles. The van der Waals surface area contributed by atoms with Gasteiger partial charge in [-0.3, -0.25) is 4.79 Å². The highest BCUT2D eigenvalue weighted by atomic mass is 32.1. The third kappa shape index (κ3) is 3.95. The lowest BCUT2D eigenvalue weighted by Gasteiger charge is -2.12. The lowest BCUT2D eigenvalue weighted by Crippen LogP contribution is -2.26. The molecule has 0 radical (unpaired) electrons. The first-order valence-corrected chi connectivity index (χ1v) is 8.13. The topological polar surface area (TPSA) is 72.2 Å². The van der Waals surface area contributed by atoms with Gasteiger partial charge in [-0.1, -0.05) is 0 Å². The van der Waals surface area contributed by atoms with Gasteiger partial charge in [0.2, 0.25) is 0 Å². The number of rotatable bonds is 7. The summed E-state index contributed by atoms with van der Waals surface area (Å²) in [5.41, 5.74) is 1.65. The largest absolute Gasteiger partial charge is 0.497 e. The van der Waals surface area contributed by atoms with Crippen molar-refractivity contribution in [1.82, 2.24) is 4.98 Å². The van der Waals surface area contributed by atoms with Gasteiger partial charge in [-0.15, -0.1) is 11.3 Å². The number of hydrogen-bond acceptors (Lipinski definition) is 6. The summed E-state index contributed by atoms with van der Waals surface area (Å²) in [7, 11) is 1.61. The van der Waals surface area contributed by atoms with Crippen LogP contribution in [0.3, 0.4) is 0 Å². The number of carbonyl (C=O) groups excluding carboxylic acids is 1. The molecule has 0 unspecified atom stereocenters. The number of thiazole rings is 1. The Morgan fingerprint density at radius 1 is 1.39 bits per heavy atom. The van der Waals surface area contributed by atoms with E-state index in [4.69, 9.17) is 9.47 Å². The first-order chi connectivity index (χ1) is 11.1. The molecule has 1 heterocycles. The van der Waals surface area contributed by atoms with Gasteiger partial charge < -0.3 is 9.47 Å². The second-order valence-electron chi connectivity index (χ2n) is 4.86. The van der Waals surface area contributed by atoms with Crippen LogP contribution in [0.5, 0.6) is 5.75 Å². The van der Waals surface area contributed by atoms with E-state index >= 15 is 0 Å². The number of nitrogens with zero attached hydrogens (tertiary/aromatic N) is 2. The normalized spacial score (nSPS) is 13.1. The van der Waals surface area contributed by atoms with Crippen LogP contribution in [0.2, 0.25) is 0 Å². The summed E-state index contributed by atoms with van der Waals surface area (Å²) in [5, 5.41) is 11.7. The molecule has 5 nitrogen and oxygen atoms in total. The zero-order valence-corrected chi connectivity index (χ0v) is 14.1. The molecule has 0 amide bonds. The summed E-state index contributed by atoms with van der Waals surface area (Å²) in [6.07, 6.45) is -0.613. The minimum atomic E-state index is -0.895. The molecular formula is C17H18N2O3S. The Kier molecular flexibility index (Phi) is 5.85. The molecule has 6 heteroatoms. The van der Waals surface area contributed by atoms with Gasteiger partial charge in [0.25, 0.3) is 0 Å². The zero-order chi connectivity index (χ0) is 16.8. The molecule has 2 aromatic rings. The van der Waals surface area contributed by atoms with Gasteiger partial charge in [0, 0.05) is 17.6 Å². The summed E-state index contributed by atoms with van der Waals surface area (Å²) in [4.78, 5) is 16.7. The van der Waals surface area contributed by atoms with Crippen molar-refractivity contribution in [1.29, 1.82) is 5.26 Å². The maximum Gasteiger partial charge on any atom is 0.185 e. The molecule has 0 aliphatic rings. The molecule has 1 aromatic heterocycles. The van der Waals surface area contributed by atoms with Crippen molar-refractivity contribution in [3.63, 3.8) is 0 Å². The SMILES string of the molecule is CCO[C@@H](C)C(=O)[C@@H](C#N)c1nc(-c2ccc(OC)cc2)cs1. The fourth-order valence-corrected chi connectivity index (χ4v) is 3.00. The monoisotopic (exact) mass is 330 g/mol. The number of carbonyl (C=O) groups is 1. The number of nitriles is 1. The van der Waals surface area contributed by atoms with Gasteiger partial charge in [-0.05, 0) is 38.1 Å². The van der Waals surface area contributed by atoms with E-state index in [2.05, 4.69) is 4.98 Å². The fourth-order valence-electron chi connectivity index (χ4n) is 2.12. The number of aromatic nitrogens is 1. The van der Waals surface area contributed by atoms with Crippen LogP contribution < -0.4 is 4.74 Å². The van der Waals surface area contributed by atoms with E-state index in [9.17, 15) is 10.1 Å². The van der Waals surface area contributed by atoms with Crippen molar-refractivity contribution >= 4 is 17.1 Å². The number of Topliss-reactive ketones (excluding diaryl/α,β-unsaturated/α-hetero) is 1. The first kappa shape index (κ1) is 17.1. The average Bonchev–Trinajstić information content (AvgIpc) is 3.05. The standard InChI is InChI=1S/C17H18N2O3S/c1-4-22-11(2)16(20)14(9-18)17-19-15(10-23-17)12-5-7-13(21-3)8-6-12/h5-8,10-11,14H,4H2,1-3H3/t11-,14+/m0/s1. The van der Waals surface area contributed by atoms with E-state index in [1.807, 2.05) is 42.6 Å². The zero-order valence-electron chi connectivity index (χ0n) is 13.3. The summed E-state index contributed by atoms with van der Waals surface area (Å²) in [6.45, 7) is 3.91. The molecule has 2 atom stereocenters. The lowest BCUT2D eigenvalue weighted by molar-refractivity contribution is -0.129. The van der Waals surface area contributed by atoms with Gasteiger partial charge in [0.05, 0.1) is 18.9 Å². The lowest BCUT2D eigenvalue weighted by atomic mass is 10.0. The highest BCUT2D eigenvalue weighted by Crippen LogP contribution is 2.28. The van der Waals surface area contributed by atoms with Gasteiger partial charge in [-0.2, -0.15) is 5.26 Å². The van der Waals surface area contributed by atoms with Crippen LogP contribution in [-0.2, 0) is 9.53 Å². The number of ether oxygens (including phenoxy) is 2. The Balaban J connectivity index is 2.22. The van der Waals surface area contributed by atoms with Crippen LogP contribution >= 0.6 is 11.3 Å². The van der Waals surface area contributed by atoms with Crippen molar-refractivity contribution < 1.29 is 14.3 Å². The summed E-state index contributed by atoms with van der Waals surface area (Å²) in [5.74, 6) is -0.390. The molecule has 2 rings (SSSR count). The molecule has 0 saturated carbocycles. The van der Waals surface area contributed by atoms with Crippen LogP contribution in [-0.4, -0.2) is 30.6 Å². The van der Waals surface area contributed by atoms with Crippen molar-refractivity contribution in [2.24, 2.45) is 0 Å². The Morgan fingerprint density at radius 2 is 2.09 bits per heavy atom. The minimum Gasteiger partial charge on any atom is -0.497 e. The van der Waals surface area contributed by atoms with Crippen LogP contribution in [0.25, 0.3) is 11.3 Å². The van der Waals surface area contributed by atoms with Crippen molar-refractivity contribution in [3.8, 4) is 23.1 Å². The maximum atomic E-state index is 12.3. The summed E-state index contributed by atoms with van der Waals surface area (Å²) < 4.78 is 10.4. The van der Waals surface area contributed by atoms with E-state index in [0.717, 1.165) is 17.0 Å². The van der Waals surface area contributed by atoms with Crippen LogP contribution in [0, 0.1) is 11.3 Å². The Morgan fingerprint density at radius 3 is 2.65 bits per heavy atom. The second kappa shape index (κ2) is 7.86.